The Kier molecular flexibility index (Phi) is 5.93. The summed E-state index contributed by atoms with van der Waals surface area (Å²) >= 11 is 0. The number of nitrogens with one attached hydrogen (secondary N) is 1. The van der Waals surface area contributed by atoms with Gasteiger partial charge in [-0.1, -0.05) is 6.92 Å². The Morgan fingerprint density at radius 2 is 2.00 bits per heavy atom. The molecule has 18 heavy (non-hydrogen) atoms. The molecule has 0 aromatic carbocycles. The fraction of sp³-hybridized carbons (Fsp3) is 1.00. The van der Waals surface area contributed by atoms with Gasteiger partial charge < -0.3 is 14.8 Å². The highest BCUT2D eigenvalue weighted by Crippen LogP contribution is 2.38. The van der Waals surface area contributed by atoms with Gasteiger partial charge in [0.05, 0.1) is 5.60 Å². The van der Waals surface area contributed by atoms with E-state index in [1.54, 1.807) is 0 Å². The van der Waals surface area contributed by atoms with Crippen LogP contribution in [0.4, 0.5) is 0 Å². The highest BCUT2D eigenvalue weighted by Gasteiger charge is 2.38. The second-order valence-corrected chi connectivity index (χ2v) is 5.89. The Morgan fingerprint density at radius 1 is 1.17 bits per heavy atom. The largest absolute Gasteiger partial charge is 0.381 e. The SMILES string of the molecule is CCCNCCCC1CCOC2(CCOCC2)C1. The maximum Gasteiger partial charge on any atom is 0.0729 e. The summed E-state index contributed by atoms with van der Waals surface area (Å²) in [5.41, 5.74) is 0.179. The number of hydrogen-bond donors (Lipinski definition) is 1. The fourth-order valence-electron chi connectivity index (χ4n) is 3.28. The van der Waals surface area contributed by atoms with Crippen molar-refractivity contribution in [3.63, 3.8) is 0 Å². The summed E-state index contributed by atoms with van der Waals surface area (Å²) in [4.78, 5) is 0. The molecule has 2 rings (SSSR count). The summed E-state index contributed by atoms with van der Waals surface area (Å²) in [5.74, 6) is 0.875. The molecule has 3 nitrogen and oxygen atoms in total. The molecule has 0 amide bonds. The van der Waals surface area contributed by atoms with Gasteiger partial charge in [0.25, 0.3) is 0 Å². The van der Waals surface area contributed by atoms with E-state index in [1.165, 1.54) is 38.6 Å². The molecule has 1 unspecified atom stereocenters. The third-order valence-corrected chi connectivity index (χ3v) is 4.39. The van der Waals surface area contributed by atoms with Gasteiger partial charge in [0.1, 0.15) is 0 Å². The van der Waals surface area contributed by atoms with Gasteiger partial charge in [0, 0.05) is 19.8 Å². The van der Waals surface area contributed by atoms with Gasteiger partial charge in [-0.15, -0.1) is 0 Å². The van der Waals surface area contributed by atoms with Gasteiger partial charge in [-0.25, -0.2) is 0 Å². The number of hydrogen-bond acceptors (Lipinski definition) is 3. The second-order valence-electron chi connectivity index (χ2n) is 5.89. The van der Waals surface area contributed by atoms with Crippen molar-refractivity contribution < 1.29 is 9.47 Å². The molecule has 0 radical (unpaired) electrons. The van der Waals surface area contributed by atoms with Crippen LogP contribution in [0.15, 0.2) is 0 Å². The van der Waals surface area contributed by atoms with Crippen LogP contribution >= 0.6 is 0 Å². The zero-order valence-corrected chi connectivity index (χ0v) is 11.9. The Labute approximate surface area is 112 Å². The van der Waals surface area contributed by atoms with Gasteiger partial charge in [0.2, 0.25) is 0 Å². The first kappa shape index (κ1) is 14.3. The van der Waals surface area contributed by atoms with Gasteiger partial charge >= 0.3 is 0 Å². The van der Waals surface area contributed by atoms with Crippen molar-refractivity contribution >= 4 is 0 Å². The lowest BCUT2D eigenvalue weighted by molar-refractivity contribution is -0.147. The van der Waals surface area contributed by atoms with Crippen molar-refractivity contribution in [3.8, 4) is 0 Å². The van der Waals surface area contributed by atoms with E-state index in [4.69, 9.17) is 9.47 Å². The molecule has 2 aliphatic heterocycles. The molecule has 0 aromatic rings. The Bertz CT molecular complexity index is 221. The van der Waals surface area contributed by atoms with Crippen LogP contribution in [0.25, 0.3) is 0 Å². The van der Waals surface area contributed by atoms with Crippen molar-refractivity contribution in [2.24, 2.45) is 5.92 Å². The Hall–Kier alpha value is -0.120. The van der Waals surface area contributed by atoms with Crippen LogP contribution in [0, 0.1) is 5.92 Å². The van der Waals surface area contributed by atoms with Crippen molar-refractivity contribution in [1.29, 1.82) is 0 Å². The predicted molar refractivity (Wildman–Crippen MR) is 73.9 cm³/mol. The highest BCUT2D eigenvalue weighted by atomic mass is 16.5. The number of ether oxygens (including phenoxy) is 2. The molecule has 2 saturated heterocycles. The Balaban J connectivity index is 1.66. The summed E-state index contributed by atoms with van der Waals surface area (Å²) in [5, 5.41) is 3.49. The van der Waals surface area contributed by atoms with Crippen LogP contribution in [-0.2, 0) is 9.47 Å². The third kappa shape index (κ3) is 4.22. The average molecular weight is 255 g/mol. The standard InChI is InChI=1S/C15H29NO2/c1-2-8-16-9-3-4-14-5-10-18-15(13-14)6-11-17-12-7-15/h14,16H,2-13H2,1H3. The average Bonchev–Trinajstić information content (AvgIpc) is 2.40. The molecule has 2 fully saturated rings. The molecule has 0 saturated carbocycles. The molecule has 1 spiro atoms. The van der Waals surface area contributed by atoms with Crippen LogP contribution in [-0.4, -0.2) is 38.5 Å². The third-order valence-electron chi connectivity index (χ3n) is 4.39. The van der Waals surface area contributed by atoms with Gasteiger partial charge in [-0.05, 0) is 64.0 Å². The molecule has 2 aliphatic rings. The molecule has 0 aliphatic carbocycles. The first-order valence-electron chi connectivity index (χ1n) is 7.77. The molecular formula is C15H29NO2. The molecule has 0 bridgehead atoms. The minimum Gasteiger partial charge on any atom is -0.381 e. The molecule has 106 valence electrons. The maximum atomic E-state index is 6.09. The number of rotatable bonds is 6. The topological polar surface area (TPSA) is 30.5 Å². The Morgan fingerprint density at radius 3 is 2.78 bits per heavy atom. The van der Waals surface area contributed by atoms with E-state index in [-0.39, 0.29) is 5.60 Å². The lowest BCUT2D eigenvalue weighted by atomic mass is 9.79. The van der Waals surface area contributed by atoms with E-state index in [9.17, 15) is 0 Å². The first-order chi connectivity index (χ1) is 8.85. The van der Waals surface area contributed by atoms with E-state index < -0.39 is 0 Å². The summed E-state index contributed by atoms with van der Waals surface area (Å²) in [6.45, 7) is 7.32. The van der Waals surface area contributed by atoms with Crippen LogP contribution in [0.3, 0.4) is 0 Å². The summed E-state index contributed by atoms with van der Waals surface area (Å²) < 4.78 is 11.6. The minimum absolute atomic E-state index is 0.179. The molecule has 2 heterocycles. The molecule has 0 aromatic heterocycles. The first-order valence-corrected chi connectivity index (χ1v) is 7.77. The zero-order chi connectivity index (χ0) is 12.7. The lowest BCUT2D eigenvalue weighted by Gasteiger charge is -2.43. The highest BCUT2D eigenvalue weighted by molar-refractivity contribution is 4.89. The molecule has 1 atom stereocenters. The van der Waals surface area contributed by atoms with E-state index in [0.717, 1.165) is 45.1 Å². The van der Waals surface area contributed by atoms with Crippen LogP contribution in [0.2, 0.25) is 0 Å². The van der Waals surface area contributed by atoms with Gasteiger partial charge in [-0.2, -0.15) is 0 Å². The van der Waals surface area contributed by atoms with Crippen LogP contribution < -0.4 is 5.32 Å². The van der Waals surface area contributed by atoms with Gasteiger partial charge in [-0.3, -0.25) is 0 Å². The van der Waals surface area contributed by atoms with Crippen molar-refractivity contribution in [2.75, 3.05) is 32.9 Å². The summed E-state index contributed by atoms with van der Waals surface area (Å²) in [6.07, 6.45) is 8.66. The zero-order valence-electron chi connectivity index (χ0n) is 11.9. The molecular weight excluding hydrogens is 226 g/mol. The fourth-order valence-corrected chi connectivity index (χ4v) is 3.28. The summed E-state index contributed by atoms with van der Waals surface area (Å²) in [7, 11) is 0. The van der Waals surface area contributed by atoms with Crippen molar-refractivity contribution in [2.45, 2.75) is 57.5 Å². The quantitative estimate of drug-likeness (QED) is 0.740. The second kappa shape index (κ2) is 7.46. The maximum absolute atomic E-state index is 6.09. The smallest absolute Gasteiger partial charge is 0.0729 e. The van der Waals surface area contributed by atoms with Crippen molar-refractivity contribution in [3.05, 3.63) is 0 Å². The monoisotopic (exact) mass is 255 g/mol. The lowest BCUT2D eigenvalue weighted by Crippen LogP contribution is -2.44. The minimum atomic E-state index is 0.179. The van der Waals surface area contributed by atoms with Crippen molar-refractivity contribution in [1.82, 2.24) is 5.32 Å². The molecule has 1 N–H and O–H groups in total. The van der Waals surface area contributed by atoms with Crippen LogP contribution in [0.5, 0.6) is 0 Å². The van der Waals surface area contributed by atoms with E-state index in [2.05, 4.69) is 12.2 Å². The van der Waals surface area contributed by atoms with E-state index in [0.29, 0.717) is 0 Å². The van der Waals surface area contributed by atoms with E-state index in [1.807, 2.05) is 0 Å². The van der Waals surface area contributed by atoms with Crippen LogP contribution in [0.1, 0.15) is 51.9 Å². The van der Waals surface area contributed by atoms with E-state index >= 15 is 0 Å². The predicted octanol–water partition coefficient (Wildman–Crippen LogP) is 2.74. The summed E-state index contributed by atoms with van der Waals surface area (Å²) in [6, 6.07) is 0. The van der Waals surface area contributed by atoms with Gasteiger partial charge in [0.15, 0.2) is 0 Å². The molecule has 3 heteroatoms. The normalized spacial score (nSPS) is 27.5.